The van der Waals surface area contributed by atoms with Crippen molar-refractivity contribution in [2.24, 2.45) is 29.6 Å². The molecule has 1 fully saturated rings. The monoisotopic (exact) mass is 789 g/mol. The fourth-order valence-electron chi connectivity index (χ4n) is 8.26. The Hall–Kier alpha value is -3.55. The standard InChI is InChI=1S/C43H72N4O9/c1-14-28(7)38(45(10)42(52)32(26(3)4)24-34(48)37(27(5)6)46(11)43(53)56-15-2)35(54-12)25-36(49)47-23-19-22-33(47)40(55-13)29(8)41(51)44-30(9)39(50)31-20-17-16-18-21-31/h16-18,20-21,26-30,32-33,35,37-40,50H,14-15,19,22-25H2,1-13H3,(H,44,51)/t28-,29+,30-,32-,33-,35+,37-,38-,39-,40+/m0/s1. The Bertz CT molecular complexity index is 1410. The molecule has 56 heavy (non-hydrogen) atoms. The molecule has 0 radical (unpaired) electrons. The van der Waals surface area contributed by atoms with Crippen LogP contribution in [0.1, 0.15) is 106 Å². The number of likely N-dealkylation sites (N-methyl/N-ethyl adjacent to an activating group) is 2. The maximum atomic E-state index is 14.4. The zero-order chi connectivity index (χ0) is 42.4. The molecule has 1 aromatic carbocycles. The first-order valence-corrected chi connectivity index (χ1v) is 20.4. The van der Waals surface area contributed by atoms with Gasteiger partial charge in [0, 0.05) is 47.2 Å². The lowest BCUT2D eigenvalue weighted by Crippen LogP contribution is -2.55. The van der Waals surface area contributed by atoms with E-state index in [1.54, 1.807) is 58.9 Å². The van der Waals surface area contributed by atoms with E-state index < -0.39 is 54.4 Å². The lowest BCUT2D eigenvalue weighted by Gasteiger charge is -2.41. The van der Waals surface area contributed by atoms with Gasteiger partial charge in [0.05, 0.1) is 61.4 Å². The van der Waals surface area contributed by atoms with E-state index in [-0.39, 0.29) is 66.7 Å². The van der Waals surface area contributed by atoms with Gasteiger partial charge >= 0.3 is 6.09 Å². The number of nitrogens with one attached hydrogen (secondary N) is 1. The van der Waals surface area contributed by atoms with Crippen LogP contribution in [0.5, 0.6) is 0 Å². The molecule has 10 atom stereocenters. The molecule has 1 heterocycles. The number of rotatable bonds is 22. The fourth-order valence-corrected chi connectivity index (χ4v) is 8.26. The second-order valence-corrected chi connectivity index (χ2v) is 16.3. The average molecular weight is 789 g/mol. The summed E-state index contributed by atoms with van der Waals surface area (Å²) in [4.78, 5) is 73.3. The molecule has 13 heteroatoms. The normalized spacial score (nSPS) is 19.3. The van der Waals surface area contributed by atoms with Gasteiger partial charge in [0.25, 0.3) is 0 Å². The van der Waals surface area contributed by atoms with Gasteiger partial charge in [-0.1, -0.05) is 85.2 Å². The van der Waals surface area contributed by atoms with Crippen LogP contribution in [0, 0.1) is 29.6 Å². The summed E-state index contributed by atoms with van der Waals surface area (Å²) in [7, 11) is 6.36. The summed E-state index contributed by atoms with van der Waals surface area (Å²) in [5.74, 6) is -2.61. The number of likely N-dealkylation sites (tertiary alicyclic amines) is 1. The summed E-state index contributed by atoms with van der Waals surface area (Å²) in [6.07, 6.45) is -0.675. The summed E-state index contributed by atoms with van der Waals surface area (Å²) in [5.41, 5.74) is 0.700. The van der Waals surface area contributed by atoms with Crippen molar-refractivity contribution >= 4 is 29.6 Å². The smallest absolute Gasteiger partial charge is 0.410 e. The number of ether oxygens (including phenoxy) is 3. The topological polar surface area (TPSA) is 155 Å². The molecule has 0 aromatic heterocycles. The quantitative estimate of drug-likeness (QED) is 0.155. The molecule has 0 unspecified atom stereocenters. The Morgan fingerprint density at radius 2 is 1.52 bits per heavy atom. The van der Waals surface area contributed by atoms with E-state index in [2.05, 4.69) is 5.32 Å². The second kappa shape index (κ2) is 23.0. The predicted octanol–water partition coefficient (Wildman–Crippen LogP) is 5.49. The number of aliphatic hydroxyl groups excluding tert-OH is 1. The highest BCUT2D eigenvalue weighted by Crippen LogP contribution is 2.31. The third-order valence-electron chi connectivity index (χ3n) is 11.7. The van der Waals surface area contributed by atoms with Crippen LogP contribution in [0.3, 0.4) is 0 Å². The van der Waals surface area contributed by atoms with E-state index in [1.807, 2.05) is 71.9 Å². The predicted molar refractivity (Wildman–Crippen MR) is 216 cm³/mol. The highest BCUT2D eigenvalue weighted by atomic mass is 16.6. The zero-order valence-corrected chi connectivity index (χ0v) is 36.3. The highest BCUT2D eigenvalue weighted by Gasteiger charge is 2.43. The van der Waals surface area contributed by atoms with Crippen LogP contribution in [0.2, 0.25) is 0 Å². The lowest BCUT2D eigenvalue weighted by molar-refractivity contribution is -0.149. The van der Waals surface area contributed by atoms with Crippen molar-refractivity contribution in [1.29, 1.82) is 0 Å². The molecule has 13 nitrogen and oxygen atoms in total. The molecule has 2 rings (SSSR count). The van der Waals surface area contributed by atoms with E-state index in [0.717, 1.165) is 6.42 Å². The van der Waals surface area contributed by atoms with E-state index in [0.29, 0.717) is 24.9 Å². The zero-order valence-electron chi connectivity index (χ0n) is 36.3. The van der Waals surface area contributed by atoms with Crippen molar-refractivity contribution in [3.63, 3.8) is 0 Å². The average Bonchev–Trinajstić information content (AvgIpc) is 3.65. The number of ketones is 1. The minimum atomic E-state index is -0.890. The number of carbonyl (C=O) groups excluding carboxylic acids is 5. The first-order chi connectivity index (χ1) is 26.4. The number of aliphatic hydroxyl groups is 1. The Labute approximate surface area is 336 Å². The minimum absolute atomic E-state index is 0.00196. The molecule has 2 N–H and O–H groups in total. The van der Waals surface area contributed by atoms with Gasteiger partial charge in [0.1, 0.15) is 0 Å². The third kappa shape index (κ3) is 12.5. The maximum Gasteiger partial charge on any atom is 0.410 e. The van der Waals surface area contributed by atoms with Crippen molar-refractivity contribution in [3.8, 4) is 0 Å². The van der Waals surface area contributed by atoms with E-state index in [4.69, 9.17) is 14.2 Å². The number of hydrogen-bond acceptors (Lipinski definition) is 9. The second-order valence-electron chi connectivity index (χ2n) is 16.3. The van der Waals surface area contributed by atoms with E-state index in [1.165, 1.54) is 4.90 Å². The summed E-state index contributed by atoms with van der Waals surface area (Å²) < 4.78 is 17.1. The van der Waals surface area contributed by atoms with Crippen LogP contribution >= 0.6 is 0 Å². The van der Waals surface area contributed by atoms with E-state index >= 15 is 0 Å². The maximum absolute atomic E-state index is 14.4. The van der Waals surface area contributed by atoms with Crippen molar-refractivity contribution < 1.29 is 43.3 Å². The number of benzene rings is 1. The Balaban J connectivity index is 2.28. The molecule has 0 saturated carbocycles. The lowest BCUT2D eigenvalue weighted by atomic mass is 9.83. The first kappa shape index (κ1) is 48.6. The van der Waals surface area contributed by atoms with Crippen LogP contribution < -0.4 is 5.32 Å². The molecule has 0 aliphatic carbocycles. The number of amides is 4. The Kier molecular flexibility index (Phi) is 20.0. The van der Waals surface area contributed by atoms with Gasteiger partial charge in [0.15, 0.2) is 5.78 Å². The minimum Gasteiger partial charge on any atom is -0.450 e. The van der Waals surface area contributed by atoms with Gasteiger partial charge in [-0.3, -0.25) is 19.2 Å². The van der Waals surface area contributed by atoms with Crippen molar-refractivity contribution in [2.45, 2.75) is 137 Å². The van der Waals surface area contributed by atoms with Crippen LogP contribution in [-0.4, -0.2) is 127 Å². The Morgan fingerprint density at radius 3 is 2.04 bits per heavy atom. The molecular formula is C43H72N4O9. The van der Waals surface area contributed by atoms with Crippen LogP contribution in [0.4, 0.5) is 4.79 Å². The van der Waals surface area contributed by atoms with Crippen molar-refractivity contribution in [2.75, 3.05) is 41.5 Å². The van der Waals surface area contributed by atoms with E-state index in [9.17, 15) is 29.1 Å². The van der Waals surface area contributed by atoms with Crippen molar-refractivity contribution in [1.82, 2.24) is 20.0 Å². The third-order valence-corrected chi connectivity index (χ3v) is 11.7. The number of hydrogen-bond donors (Lipinski definition) is 2. The number of Topliss-reactive ketones (excluding diaryl/α,β-unsaturated/α-hetero) is 1. The van der Waals surface area contributed by atoms with Gasteiger partial charge in [-0.15, -0.1) is 0 Å². The van der Waals surface area contributed by atoms with Gasteiger partial charge in [-0.2, -0.15) is 0 Å². The highest BCUT2D eigenvalue weighted by molar-refractivity contribution is 5.92. The van der Waals surface area contributed by atoms with Gasteiger partial charge in [-0.25, -0.2) is 4.79 Å². The fraction of sp³-hybridized carbons (Fsp3) is 0.744. The molecule has 4 amide bonds. The number of carbonyl (C=O) groups is 5. The first-order valence-electron chi connectivity index (χ1n) is 20.4. The van der Waals surface area contributed by atoms with Crippen molar-refractivity contribution in [3.05, 3.63) is 35.9 Å². The molecular weight excluding hydrogens is 716 g/mol. The molecule has 1 aromatic rings. The SMILES string of the molecule is CCOC(=O)N(C)[C@H](C(=O)C[C@H](C(=O)N(C)[C@@H]([C@@H](C)CC)[C@@H](CC(=O)N1CCC[C@H]1[C@H](OC)[C@@H](C)C(=O)N[C@@H](C)[C@H](O)c1ccccc1)OC)C(C)C)C(C)C. The van der Waals surface area contributed by atoms with Gasteiger partial charge in [-0.05, 0) is 50.0 Å². The molecule has 1 aliphatic heterocycles. The molecule has 1 saturated heterocycles. The summed E-state index contributed by atoms with van der Waals surface area (Å²) in [5, 5.41) is 13.8. The number of nitrogens with zero attached hydrogens (tertiary/aromatic N) is 3. The van der Waals surface area contributed by atoms with Crippen LogP contribution in [0.15, 0.2) is 30.3 Å². The summed E-state index contributed by atoms with van der Waals surface area (Å²) >= 11 is 0. The van der Waals surface area contributed by atoms with Crippen LogP contribution in [0.25, 0.3) is 0 Å². The molecule has 0 spiro atoms. The number of methoxy groups -OCH3 is 2. The summed E-state index contributed by atoms with van der Waals surface area (Å²) in [6.45, 7) is 17.5. The van der Waals surface area contributed by atoms with Crippen LogP contribution in [-0.2, 0) is 33.4 Å². The molecule has 0 bridgehead atoms. The molecule has 318 valence electrons. The Morgan fingerprint density at radius 1 is 0.893 bits per heavy atom. The van der Waals surface area contributed by atoms with Gasteiger partial charge in [0.2, 0.25) is 17.7 Å². The molecule has 1 aliphatic rings. The summed E-state index contributed by atoms with van der Waals surface area (Å²) in [6, 6.07) is 7.00. The largest absolute Gasteiger partial charge is 0.450 e. The van der Waals surface area contributed by atoms with Gasteiger partial charge < -0.3 is 39.3 Å².